The standard InChI is InChI=1S/C29H35NO3/c1-6-21-10-8-9-11-24(21)26-16-22-12-13-23(17-25(22)30(26)18-19(3)4)32-27-14-15-28(20(27)5)33-29(31)7-2/h7-13,16-17,19-20,27-28H,2,6,14-15,18H2,1,3-5H3. The number of carbonyl (C=O) groups is 1. The molecule has 3 aromatic rings. The lowest BCUT2D eigenvalue weighted by atomic mass is 10.0. The van der Waals surface area contributed by atoms with E-state index in [0.717, 1.165) is 31.6 Å². The third-order valence-corrected chi connectivity index (χ3v) is 6.73. The number of carbonyl (C=O) groups excluding carboxylic acids is 1. The summed E-state index contributed by atoms with van der Waals surface area (Å²) >= 11 is 0. The third-order valence-electron chi connectivity index (χ3n) is 6.73. The summed E-state index contributed by atoms with van der Waals surface area (Å²) in [5.41, 5.74) is 5.12. The maximum Gasteiger partial charge on any atom is 0.330 e. The average Bonchev–Trinajstić information content (AvgIpc) is 3.33. The molecule has 0 aliphatic heterocycles. The molecular weight excluding hydrogens is 410 g/mol. The van der Waals surface area contributed by atoms with Crippen LogP contribution in [0.5, 0.6) is 5.75 Å². The fourth-order valence-corrected chi connectivity index (χ4v) is 4.97. The van der Waals surface area contributed by atoms with Gasteiger partial charge < -0.3 is 14.0 Å². The number of benzene rings is 2. The number of aromatic nitrogens is 1. The molecule has 1 aliphatic rings. The van der Waals surface area contributed by atoms with Gasteiger partial charge in [-0.1, -0.05) is 58.5 Å². The van der Waals surface area contributed by atoms with Crippen molar-refractivity contribution in [1.29, 1.82) is 0 Å². The summed E-state index contributed by atoms with van der Waals surface area (Å²) in [6.45, 7) is 13.3. The largest absolute Gasteiger partial charge is 0.490 e. The van der Waals surface area contributed by atoms with Gasteiger partial charge in [0.15, 0.2) is 0 Å². The maximum absolute atomic E-state index is 11.6. The van der Waals surface area contributed by atoms with E-state index in [-0.39, 0.29) is 24.1 Å². The van der Waals surface area contributed by atoms with Crippen molar-refractivity contribution in [2.24, 2.45) is 11.8 Å². The van der Waals surface area contributed by atoms with Crippen molar-refractivity contribution >= 4 is 16.9 Å². The molecule has 1 aromatic heterocycles. The molecule has 174 valence electrons. The van der Waals surface area contributed by atoms with Gasteiger partial charge in [-0.25, -0.2) is 4.79 Å². The van der Waals surface area contributed by atoms with E-state index in [1.54, 1.807) is 0 Å². The lowest BCUT2D eigenvalue weighted by molar-refractivity contribution is -0.144. The number of nitrogens with zero attached hydrogens (tertiary/aromatic N) is 1. The molecule has 3 atom stereocenters. The summed E-state index contributed by atoms with van der Waals surface area (Å²) in [6, 6.07) is 17.4. The van der Waals surface area contributed by atoms with Gasteiger partial charge in [0.2, 0.25) is 0 Å². The predicted molar refractivity (Wildman–Crippen MR) is 134 cm³/mol. The Morgan fingerprint density at radius 3 is 2.64 bits per heavy atom. The van der Waals surface area contributed by atoms with Gasteiger partial charge in [-0.05, 0) is 48.9 Å². The average molecular weight is 446 g/mol. The molecule has 1 aliphatic carbocycles. The molecule has 0 radical (unpaired) electrons. The van der Waals surface area contributed by atoms with Crippen molar-refractivity contribution in [3.8, 4) is 17.0 Å². The first-order valence-electron chi connectivity index (χ1n) is 12.1. The first-order chi connectivity index (χ1) is 15.9. The Morgan fingerprint density at radius 2 is 1.91 bits per heavy atom. The quantitative estimate of drug-likeness (QED) is 0.283. The Balaban J connectivity index is 1.66. The van der Waals surface area contributed by atoms with Crippen molar-refractivity contribution in [2.75, 3.05) is 0 Å². The molecule has 0 amide bonds. The second-order valence-corrected chi connectivity index (χ2v) is 9.54. The van der Waals surface area contributed by atoms with Crippen molar-refractivity contribution in [3.05, 3.63) is 66.7 Å². The Labute approximate surface area is 197 Å². The second-order valence-electron chi connectivity index (χ2n) is 9.54. The van der Waals surface area contributed by atoms with Crippen LogP contribution in [-0.2, 0) is 22.5 Å². The highest BCUT2D eigenvalue weighted by atomic mass is 16.5. The summed E-state index contributed by atoms with van der Waals surface area (Å²) in [4.78, 5) is 11.6. The predicted octanol–water partition coefficient (Wildman–Crippen LogP) is 6.80. The third kappa shape index (κ3) is 4.85. The number of ether oxygens (including phenoxy) is 2. The zero-order valence-electron chi connectivity index (χ0n) is 20.2. The van der Waals surface area contributed by atoms with Crippen molar-refractivity contribution in [3.63, 3.8) is 0 Å². The first-order valence-corrected chi connectivity index (χ1v) is 12.1. The van der Waals surface area contributed by atoms with Crippen molar-refractivity contribution in [1.82, 2.24) is 4.57 Å². The van der Waals surface area contributed by atoms with Crippen LogP contribution in [0.2, 0.25) is 0 Å². The van der Waals surface area contributed by atoms with Crippen LogP contribution in [0.25, 0.3) is 22.2 Å². The van der Waals surface area contributed by atoms with Gasteiger partial charge in [0.05, 0.1) is 5.52 Å². The maximum atomic E-state index is 11.6. The van der Waals surface area contributed by atoms with Crippen LogP contribution in [0.3, 0.4) is 0 Å². The SMILES string of the molecule is C=CC(=O)OC1CCC(Oc2ccc3cc(-c4ccccc4CC)n(CC(C)C)c3c2)C1C. The highest BCUT2D eigenvalue weighted by Gasteiger charge is 2.36. The van der Waals surface area contributed by atoms with Crippen LogP contribution < -0.4 is 4.74 Å². The molecule has 0 N–H and O–H groups in total. The molecule has 4 rings (SSSR count). The molecule has 1 fully saturated rings. The van der Waals surface area contributed by atoms with E-state index in [1.807, 2.05) is 0 Å². The summed E-state index contributed by atoms with van der Waals surface area (Å²) in [7, 11) is 0. The minimum Gasteiger partial charge on any atom is -0.490 e. The van der Waals surface area contributed by atoms with Crippen LogP contribution in [0.1, 0.15) is 46.1 Å². The summed E-state index contributed by atoms with van der Waals surface area (Å²) in [5.74, 6) is 1.17. The molecule has 4 heteroatoms. The molecule has 0 spiro atoms. The van der Waals surface area contributed by atoms with Crippen LogP contribution in [0.4, 0.5) is 0 Å². The number of esters is 1. The molecule has 1 heterocycles. The second kappa shape index (κ2) is 9.86. The van der Waals surface area contributed by atoms with Crippen molar-refractivity contribution in [2.45, 2.75) is 65.7 Å². The van der Waals surface area contributed by atoms with E-state index in [0.29, 0.717) is 5.92 Å². The summed E-state index contributed by atoms with van der Waals surface area (Å²) in [6.07, 6.45) is 3.83. The smallest absolute Gasteiger partial charge is 0.330 e. The van der Waals surface area contributed by atoms with Crippen LogP contribution >= 0.6 is 0 Å². The zero-order chi connectivity index (χ0) is 23.5. The minimum absolute atomic E-state index is 0.0267. The van der Waals surface area contributed by atoms with Crippen LogP contribution in [-0.4, -0.2) is 22.7 Å². The topological polar surface area (TPSA) is 40.5 Å². The molecule has 33 heavy (non-hydrogen) atoms. The minimum atomic E-state index is -0.361. The summed E-state index contributed by atoms with van der Waals surface area (Å²) < 4.78 is 14.4. The molecule has 0 bridgehead atoms. The van der Waals surface area contributed by atoms with Crippen molar-refractivity contribution < 1.29 is 14.3 Å². The van der Waals surface area contributed by atoms with E-state index >= 15 is 0 Å². The van der Waals surface area contributed by atoms with E-state index < -0.39 is 0 Å². The van der Waals surface area contributed by atoms with Crippen LogP contribution in [0.15, 0.2) is 61.2 Å². The molecule has 3 unspecified atom stereocenters. The van der Waals surface area contributed by atoms with E-state index in [9.17, 15) is 4.79 Å². The molecule has 2 aromatic carbocycles. The molecule has 1 saturated carbocycles. The number of hydrogen-bond donors (Lipinski definition) is 0. The van der Waals surface area contributed by atoms with E-state index in [2.05, 4.69) is 87.4 Å². The number of hydrogen-bond acceptors (Lipinski definition) is 3. The Hall–Kier alpha value is -3.01. The Morgan fingerprint density at radius 1 is 1.15 bits per heavy atom. The monoisotopic (exact) mass is 445 g/mol. The van der Waals surface area contributed by atoms with Gasteiger partial charge in [-0.3, -0.25) is 0 Å². The number of rotatable bonds is 8. The van der Waals surface area contributed by atoms with Gasteiger partial charge in [0.1, 0.15) is 18.0 Å². The summed E-state index contributed by atoms with van der Waals surface area (Å²) in [5, 5.41) is 1.22. The molecular formula is C29H35NO3. The number of aryl methyl sites for hydroxylation is 1. The fraction of sp³-hybridized carbons (Fsp3) is 0.414. The lowest BCUT2D eigenvalue weighted by Crippen LogP contribution is -2.27. The van der Waals surface area contributed by atoms with Gasteiger partial charge >= 0.3 is 5.97 Å². The van der Waals surface area contributed by atoms with Gasteiger partial charge in [0, 0.05) is 41.2 Å². The Bertz CT molecular complexity index is 1140. The lowest BCUT2D eigenvalue weighted by Gasteiger charge is -2.22. The number of fused-ring (bicyclic) bond motifs is 1. The zero-order valence-corrected chi connectivity index (χ0v) is 20.2. The Kier molecular flexibility index (Phi) is 6.92. The van der Waals surface area contributed by atoms with Gasteiger partial charge in [0.25, 0.3) is 0 Å². The molecule has 0 saturated heterocycles. The fourth-order valence-electron chi connectivity index (χ4n) is 4.97. The highest BCUT2D eigenvalue weighted by molar-refractivity contribution is 5.88. The van der Waals surface area contributed by atoms with Gasteiger partial charge in [-0.15, -0.1) is 0 Å². The van der Waals surface area contributed by atoms with E-state index in [1.165, 1.54) is 33.8 Å². The first kappa shape index (κ1) is 23.2. The van der Waals surface area contributed by atoms with E-state index in [4.69, 9.17) is 9.47 Å². The van der Waals surface area contributed by atoms with Crippen LogP contribution in [0, 0.1) is 11.8 Å². The molecule has 4 nitrogen and oxygen atoms in total. The normalized spacial score (nSPS) is 20.3. The van der Waals surface area contributed by atoms with Gasteiger partial charge in [-0.2, -0.15) is 0 Å². The highest BCUT2D eigenvalue weighted by Crippen LogP contribution is 2.36.